The first kappa shape index (κ1) is 16.4. The van der Waals surface area contributed by atoms with Gasteiger partial charge >= 0.3 is 0 Å². The smallest absolute Gasteiger partial charge is 0.223 e. The fraction of sp³-hybridized carbons (Fsp3) is 0.750. The lowest BCUT2D eigenvalue weighted by Crippen LogP contribution is -2.47. The van der Waals surface area contributed by atoms with E-state index in [1.54, 1.807) is 13.3 Å². The molecular formula is C16H26N4O3. The standard InChI is InChI=1S/C16H26N4O3/c1-22-15-3-5-19(12-14-2-4-17-18-14)11-13(15)10-16(21)20-6-8-23-9-7-20/h2,4,13,15H,3,5-12H2,1H3,(H,17,18)/t13-,15-/m1/s1. The van der Waals surface area contributed by atoms with Crippen LogP contribution in [0.3, 0.4) is 0 Å². The number of nitrogens with one attached hydrogen (secondary N) is 1. The number of hydrogen-bond donors (Lipinski definition) is 1. The molecule has 0 bridgehead atoms. The first-order valence-corrected chi connectivity index (χ1v) is 8.35. The van der Waals surface area contributed by atoms with Crippen molar-refractivity contribution in [3.05, 3.63) is 18.0 Å². The molecular weight excluding hydrogens is 296 g/mol. The quantitative estimate of drug-likeness (QED) is 0.854. The summed E-state index contributed by atoms with van der Waals surface area (Å²) in [7, 11) is 1.75. The lowest BCUT2D eigenvalue weighted by molar-refractivity contribution is -0.138. The monoisotopic (exact) mass is 322 g/mol. The molecule has 0 radical (unpaired) electrons. The number of ether oxygens (including phenoxy) is 2. The SMILES string of the molecule is CO[C@@H]1CCN(Cc2ccn[nH]2)C[C@H]1CC(=O)N1CCOCC1. The largest absolute Gasteiger partial charge is 0.381 e. The summed E-state index contributed by atoms with van der Waals surface area (Å²) >= 11 is 0. The van der Waals surface area contributed by atoms with Gasteiger partial charge in [0.2, 0.25) is 5.91 Å². The number of carbonyl (C=O) groups is 1. The molecule has 0 saturated carbocycles. The van der Waals surface area contributed by atoms with Gasteiger partial charge in [-0.1, -0.05) is 0 Å². The predicted molar refractivity (Wildman–Crippen MR) is 84.8 cm³/mol. The zero-order valence-electron chi connectivity index (χ0n) is 13.7. The van der Waals surface area contributed by atoms with Crippen LogP contribution in [0.25, 0.3) is 0 Å². The molecule has 128 valence electrons. The van der Waals surface area contributed by atoms with Gasteiger partial charge in [0.25, 0.3) is 0 Å². The number of H-pyrrole nitrogens is 1. The van der Waals surface area contributed by atoms with E-state index in [4.69, 9.17) is 9.47 Å². The minimum Gasteiger partial charge on any atom is -0.381 e. The summed E-state index contributed by atoms with van der Waals surface area (Å²) in [6.45, 7) is 5.43. The third-order valence-electron chi connectivity index (χ3n) is 4.80. The van der Waals surface area contributed by atoms with Crippen LogP contribution in [0.5, 0.6) is 0 Å². The highest BCUT2D eigenvalue weighted by molar-refractivity contribution is 5.76. The number of rotatable bonds is 5. The number of aromatic amines is 1. The fourth-order valence-electron chi connectivity index (χ4n) is 3.52. The highest BCUT2D eigenvalue weighted by Gasteiger charge is 2.32. The van der Waals surface area contributed by atoms with E-state index in [2.05, 4.69) is 15.1 Å². The van der Waals surface area contributed by atoms with Crippen molar-refractivity contribution < 1.29 is 14.3 Å². The van der Waals surface area contributed by atoms with Crippen LogP contribution in [0.2, 0.25) is 0 Å². The van der Waals surface area contributed by atoms with Crippen LogP contribution in [0.1, 0.15) is 18.5 Å². The Kier molecular flexibility index (Phi) is 5.64. The van der Waals surface area contributed by atoms with Crippen LogP contribution in [0.15, 0.2) is 12.3 Å². The number of carbonyl (C=O) groups excluding carboxylic acids is 1. The Labute approximate surface area is 136 Å². The molecule has 0 aromatic carbocycles. The number of aromatic nitrogens is 2. The minimum absolute atomic E-state index is 0.165. The van der Waals surface area contributed by atoms with Crippen molar-refractivity contribution in [2.45, 2.75) is 25.5 Å². The van der Waals surface area contributed by atoms with Crippen molar-refractivity contribution in [3.8, 4) is 0 Å². The molecule has 0 aliphatic carbocycles. The van der Waals surface area contributed by atoms with Crippen LogP contribution in [-0.4, -0.2) is 78.5 Å². The number of hydrogen-bond acceptors (Lipinski definition) is 5. The van der Waals surface area contributed by atoms with Gasteiger partial charge < -0.3 is 14.4 Å². The van der Waals surface area contributed by atoms with Crippen LogP contribution in [0, 0.1) is 5.92 Å². The molecule has 2 atom stereocenters. The highest BCUT2D eigenvalue weighted by Crippen LogP contribution is 2.24. The minimum atomic E-state index is 0.165. The van der Waals surface area contributed by atoms with Crippen molar-refractivity contribution in [2.75, 3.05) is 46.5 Å². The molecule has 1 amide bonds. The van der Waals surface area contributed by atoms with Crippen LogP contribution >= 0.6 is 0 Å². The van der Waals surface area contributed by atoms with Gasteiger partial charge in [-0.3, -0.25) is 14.8 Å². The van der Waals surface area contributed by atoms with E-state index in [-0.39, 0.29) is 17.9 Å². The summed E-state index contributed by atoms with van der Waals surface area (Å²) in [6.07, 6.45) is 3.46. The summed E-state index contributed by atoms with van der Waals surface area (Å²) in [5.74, 6) is 0.468. The summed E-state index contributed by atoms with van der Waals surface area (Å²) in [6, 6.07) is 2.00. The summed E-state index contributed by atoms with van der Waals surface area (Å²) < 4.78 is 11.0. The Bertz CT molecular complexity index is 488. The number of amides is 1. The van der Waals surface area contributed by atoms with E-state index in [0.717, 1.165) is 31.7 Å². The lowest BCUT2D eigenvalue weighted by atomic mass is 9.90. The van der Waals surface area contributed by atoms with E-state index in [1.165, 1.54) is 0 Å². The molecule has 2 aliphatic rings. The molecule has 1 aromatic heterocycles. The molecule has 0 unspecified atom stereocenters. The van der Waals surface area contributed by atoms with Gasteiger partial charge in [-0.25, -0.2) is 0 Å². The first-order chi connectivity index (χ1) is 11.3. The Morgan fingerprint density at radius 2 is 2.26 bits per heavy atom. The molecule has 7 heteroatoms. The lowest BCUT2D eigenvalue weighted by Gasteiger charge is -2.38. The second kappa shape index (κ2) is 7.90. The van der Waals surface area contributed by atoms with Crippen molar-refractivity contribution >= 4 is 5.91 Å². The topological polar surface area (TPSA) is 70.7 Å². The number of methoxy groups -OCH3 is 1. The maximum Gasteiger partial charge on any atom is 0.223 e. The Hall–Kier alpha value is -1.44. The van der Waals surface area contributed by atoms with E-state index in [0.29, 0.717) is 32.7 Å². The van der Waals surface area contributed by atoms with Gasteiger partial charge in [-0.15, -0.1) is 0 Å². The molecule has 23 heavy (non-hydrogen) atoms. The third kappa shape index (κ3) is 4.31. The van der Waals surface area contributed by atoms with Crippen molar-refractivity contribution in [3.63, 3.8) is 0 Å². The van der Waals surface area contributed by atoms with Crippen molar-refractivity contribution in [2.24, 2.45) is 5.92 Å². The summed E-state index contributed by atoms with van der Waals surface area (Å²) in [5, 5.41) is 7.00. The molecule has 2 aliphatic heterocycles. The second-order valence-electron chi connectivity index (χ2n) is 6.34. The Morgan fingerprint density at radius 3 is 2.96 bits per heavy atom. The van der Waals surface area contributed by atoms with E-state index < -0.39 is 0 Å². The van der Waals surface area contributed by atoms with Crippen LogP contribution < -0.4 is 0 Å². The Morgan fingerprint density at radius 1 is 1.43 bits per heavy atom. The maximum absolute atomic E-state index is 12.5. The maximum atomic E-state index is 12.5. The third-order valence-corrected chi connectivity index (χ3v) is 4.80. The number of likely N-dealkylation sites (tertiary alicyclic amines) is 1. The van der Waals surface area contributed by atoms with E-state index in [1.807, 2.05) is 11.0 Å². The van der Waals surface area contributed by atoms with E-state index in [9.17, 15) is 4.79 Å². The highest BCUT2D eigenvalue weighted by atomic mass is 16.5. The molecule has 1 N–H and O–H groups in total. The average Bonchev–Trinajstić information content (AvgIpc) is 3.09. The van der Waals surface area contributed by atoms with Gasteiger partial charge in [0.05, 0.1) is 19.3 Å². The van der Waals surface area contributed by atoms with Crippen LogP contribution in [-0.2, 0) is 20.8 Å². The van der Waals surface area contributed by atoms with Crippen molar-refractivity contribution in [1.82, 2.24) is 20.0 Å². The normalized spacial score (nSPS) is 26.4. The van der Waals surface area contributed by atoms with Crippen molar-refractivity contribution in [1.29, 1.82) is 0 Å². The molecule has 3 heterocycles. The number of morpholine rings is 1. The Balaban J connectivity index is 1.56. The molecule has 7 nitrogen and oxygen atoms in total. The van der Waals surface area contributed by atoms with E-state index >= 15 is 0 Å². The molecule has 2 fully saturated rings. The molecule has 1 aromatic rings. The fourth-order valence-corrected chi connectivity index (χ4v) is 3.52. The van der Waals surface area contributed by atoms with Gasteiger partial charge in [0.1, 0.15) is 0 Å². The first-order valence-electron chi connectivity index (χ1n) is 8.35. The molecule has 0 spiro atoms. The second-order valence-corrected chi connectivity index (χ2v) is 6.34. The number of piperidine rings is 1. The molecule has 3 rings (SSSR count). The average molecular weight is 322 g/mol. The van der Waals surface area contributed by atoms with Gasteiger partial charge in [-0.05, 0) is 12.5 Å². The zero-order chi connectivity index (χ0) is 16.1. The number of nitrogens with zero attached hydrogens (tertiary/aromatic N) is 3. The molecule has 2 saturated heterocycles. The summed E-state index contributed by atoms with van der Waals surface area (Å²) in [5.41, 5.74) is 1.11. The van der Waals surface area contributed by atoms with Crippen LogP contribution in [0.4, 0.5) is 0 Å². The van der Waals surface area contributed by atoms with Gasteiger partial charge in [0.15, 0.2) is 0 Å². The predicted octanol–water partition coefficient (Wildman–Crippen LogP) is 0.496. The summed E-state index contributed by atoms with van der Waals surface area (Å²) in [4.78, 5) is 16.8. The van der Waals surface area contributed by atoms with Gasteiger partial charge in [-0.2, -0.15) is 5.10 Å². The van der Waals surface area contributed by atoms with Gasteiger partial charge in [0, 0.05) is 64.1 Å². The zero-order valence-corrected chi connectivity index (χ0v) is 13.7.